The first kappa shape index (κ1) is 15.4. The van der Waals surface area contributed by atoms with E-state index in [1.54, 1.807) is 0 Å². The molecular formula is C19H24N4O. The Labute approximate surface area is 142 Å². The first-order chi connectivity index (χ1) is 11.8. The molecule has 5 nitrogen and oxygen atoms in total. The van der Waals surface area contributed by atoms with Gasteiger partial charge in [0.25, 0.3) is 0 Å². The fourth-order valence-corrected chi connectivity index (χ4v) is 3.64. The second-order valence-electron chi connectivity index (χ2n) is 6.75. The molecule has 1 atom stereocenters. The third-order valence-corrected chi connectivity index (χ3v) is 4.83. The van der Waals surface area contributed by atoms with Crippen molar-refractivity contribution in [2.24, 2.45) is 0 Å². The van der Waals surface area contributed by atoms with Crippen molar-refractivity contribution in [2.45, 2.75) is 45.2 Å². The van der Waals surface area contributed by atoms with Gasteiger partial charge in [-0.05, 0) is 57.0 Å². The molecule has 0 unspecified atom stereocenters. The lowest BCUT2D eigenvalue weighted by atomic mass is 10.2. The molecule has 2 aromatic heterocycles. The molecule has 1 fully saturated rings. The van der Waals surface area contributed by atoms with Crippen LogP contribution in [0.4, 0.5) is 0 Å². The molecule has 0 aliphatic carbocycles. The summed E-state index contributed by atoms with van der Waals surface area (Å²) < 4.78 is 7.90. The van der Waals surface area contributed by atoms with Gasteiger partial charge in [0.05, 0.1) is 12.7 Å². The highest BCUT2D eigenvalue weighted by Crippen LogP contribution is 2.20. The van der Waals surface area contributed by atoms with Crippen LogP contribution in [0.2, 0.25) is 0 Å². The van der Waals surface area contributed by atoms with Crippen LogP contribution >= 0.6 is 0 Å². The lowest BCUT2D eigenvalue weighted by molar-refractivity contribution is 0.223. The Hall–Kier alpha value is -2.14. The minimum Gasteiger partial charge on any atom is -0.441 e. The van der Waals surface area contributed by atoms with Gasteiger partial charge in [-0.25, -0.2) is 4.98 Å². The highest BCUT2D eigenvalue weighted by Gasteiger charge is 2.24. The molecule has 0 amide bonds. The largest absolute Gasteiger partial charge is 0.441 e. The SMILES string of the molecule is Cc1cnn(C[C@@H]2CCCN2CCCc2nc3ccccc3o2)c1. The Morgan fingerprint density at radius 1 is 1.29 bits per heavy atom. The molecule has 0 radical (unpaired) electrons. The molecule has 3 heterocycles. The monoisotopic (exact) mass is 324 g/mol. The molecule has 0 bridgehead atoms. The van der Waals surface area contributed by atoms with Gasteiger partial charge in [-0.1, -0.05) is 12.1 Å². The van der Waals surface area contributed by atoms with Crippen LogP contribution in [0.15, 0.2) is 41.1 Å². The fourth-order valence-electron chi connectivity index (χ4n) is 3.64. The van der Waals surface area contributed by atoms with Crippen LogP contribution in [0.25, 0.3) is 11.1 Å². The van der Waals surface area contributed by atoms with Crippen LogP contribution < -0.4 is 0 Å². The topological polar surface area (TPSA) is 47.1 Å². The van der Waals surface area contributed by atoms with Crippen LogP contribution in [-0.4, -0.2) is 38.8 Å². The summed E-state index contributed by atoms with van der Waals surface area (Å²) in [6.07, 6.45) is 8.61. The Morgan fingerprint density at radius 2 is 2.21 bits per heavy atom. The van der Waals surface area contributed by atoms with Gasteiger partial charge in [-0.3, -0.25) is 9.58 Å². The predicted octanol–water partition coefficient (Wildman–Crippen LogP) is 3.43. The number of hydrogen-bond acceptors (Lipinski definition) is 4. The highest BCUT2D eigenvalue weighted by molar-refractivity contribution is 5.72. The molecule has 1 aliphatic rings. The van der Waals surface area contributed by atoms with E-state index in [2.05, 4.69) is 32.8 Å². The predicted molar refractivity (Wildman–Crippen MR) is 93.9 cm³/mol. The number of oxazole rings is 1. The molecule has 24 heavy (non-hydrogen) atoms. The maximum Gasteiger partial charge on any atom is 0.195 e. The van der Waals surface area contributed by atoms with Gasteiger partial charge in [-0.2, -0.15) is 5.10 Å². The smallest absolute Gasteiger partial charge is 0.195 e. The summed E-state index contributed by atoms with van der Waals surface area (Å²) in [5, 5.41) is 4.43. The maximum absolute atomic E-state index is 5.81. The molecule has 5 heteroatoms. The van der Waals surface area contributed by atoms with Crippen molar-refractivity contribution in [3.05, 3.63) is 48.1 Å². The van der Waals surface area contributed by atoms with Gasteiger partial charge >= 0.3 is 0 Å². The normalized spacial score (nSPS) is 18.6. The van der Waals surface area contributed by atoms with Crippen LogP contribution in [0, 0.1) is 6.92 Å². The summed E-state index contributed by atoms with van der Waals surface area (Å²) in [6, 6.07) is 8.58. The Kier molecular flexibility index (Phi) is 4.34. The van der Waals surface area contributed by atoms with Gasteiger partial charge in [0.15, 0.2) is 11.5 Å². The van der Waals surface area contributed by atoms with E-state index in [9.17, 15) is 0 Å². The number of aryl methyl sites for hydroxylation is 2. The zero-order valence-electron chi connectivity index (χ0n) is 14.2. The second kappa shape index (κ2) is 6.77. The van der Waals surface area contributed by atoms with Crippen LogP contribution in [0.1, 0.15) is 30.7 Å². The van der Waals surface area contributed by atoms with E-state index < -0.39 is 0 Å². The van der Waals surface area contributed by atoms with Crippen LogP contribution in [-0.2, 0) is 13.0 Å². The molecule has 1 aromatic carbocycles. The first-order valence-electron chi connectivity index (χ1n) is 8.85. The van der Waals surface area contributed by atoms with Gasteiger partial charge in [0.1, 0.15) is 5.52 Å². The molecular weight excluding hydrogens is 300 g/mol. The van der Waals surface area contributed by atoms with E-state index in [1.807, 2.05) is 30.5 Å². The minimum absolute atomic E-state index is 0.605. The van der Waals surface area contributed by atoms with E-state index in [1.165, 1.54) is 24.9 Å². The summed E-state index contributed by atoms with van der Waals surface area (Å²) in [4.78, 5) is 7.16. The average Bonchev–Trinajstić information content (AvgIpc) is 3.28. The minimum atomic E-state index is 0.605. The third kappa shape index (κ3) is 3.36. The molecule has 126 valence electrons. The van der Waals surface area contributed by atoms with E-state index in [0.29, 0.717) is 6.04 Å². The summed E-state index contributed by atoms with van der Waals surface area (Å²) >= 11 is 0. The lowest BCUT2D eigenvalue weighted by Gasteiger charge is -2.24. The zero-order chi connectivity index (χ0) is 16.4. The zero-order valence-corrected chi connectivity index (χ0v) is 14.2. The average molecular weight is 324 g/mol. The summed E-state index contributed by atoms with van der Waals surface area (Å²) in [5.41, 5.74) is 3.08. The number of fused-ring (bicyclic) bond motifs is 1. The molecule has 0 saturated carbocycles. The van der Waals surface area contributed by atoms with E-state index in [4.69, 9.17) is 4.42 Å². The van der Waals surface area contributed by atoms with Gasteiger partial charge in [-0.15, -0.1) is 0 Å². The van der Waals surface area contributed by atoms with E-state index in [-0.39, 0.29) is 0 Å². The summed E-state index contributed by atoms with van der Waals surface area (Å²) in [7, 11) is 0. The van der Waals surface area contributed by atoms with Crippen molar-refractivity contribution in [1.82, 2.24) is 19.7 Å². The van der Waals surface area contributed by atoms with Crippen molar-refractivity contribution in [3.63, 3.8) is 0 Å². The highest BCUT2D eigenvalue weighted by atomic mass is 16.3. The molecule has 1 aliphatic heterocycles. The Morgan fingerprint density at radius 3 is 3.04 bits per heavy atom. The van der Waals surface area contributed by atoms with E-state index in [0.717, 1.165) is 42.9 Å². The Bertz CT molecular complexity index is 773. The van der Waals surface area contributed by atoms with Gasteiger partial charge in [0.2, 0.25) is 0 Å². The Balaban J connectivity index is 1.31. The van der Waals surface area contributed by atoms with Crippen molar-refractivity contribution in [2.75, 3.05) is 13.1 Å². The second-order valence-corrected chi connectivity index (χ2v) is 6.75. The molecule has 3 aromatic rings. The number of hydrogen-bond donors (Lipinski definition) is 0. The quantitative estimate of drug-likeness (QED) is 0.697. The molecule has 4 rings (SSSR count). The van der Waals surface area contributed by atoms with Crippen molar-refractivity contribution in [3.8, 4) is 0 Å². The number of rotatable bonds is 6. The molecule has 0 N–H and O–H groups in total. The van der Waals surface area contributed by atoms with E-state index >= 15 is 0 Å². The number of aromatic nitrogens is 3. The lowest BCUT2D eigenvalue weighted by Crippen LogP contribution is -2.34. The van der Waals surface area contributed by atoms with Crippen molar-refractivity contribution in [1.29, 1.82) is 0 Å². The maximum atomic E-state index is 5.81. The van der Waals surface area contributed by atoms with Crippen LogP contribution in [0.3, 0.4) is 0 Å². The third-order valence-electron chi connectivity index (χ3n) is 4.83. The summed E-state index contributed by atoms with van der Waals surface area (Å²) in [5.74, 6) is 0.856. The number of benzene rings is 1. The van der Waals surface area contributed by atoms with Crippen molar-refractivity contribution >= 4 is 11.1 Å². The van der Waals surface area contributed by atoms with Crippen LogP contribution in [0.5, 0.6) is 0 Å². The summed E-state index contributed by atoms with van der Waals surface area (Å²) in [6.45, 7) is 5.38. The number of likely N-dealkylation sites (tertiary alicyclic amines) is 1. The molecule has 1 saturated heterocycles. The first-order valence-corrected chi connectivity index (χ1v) is 8.85. The number of nitrogens with zero attached hydrogens (tertiary/aromatic N) is 4. The number of para-hydroxylation sites is 2. The van der Waals surface area contributed by atoms with Gasteiger partial charge < -0.3 is 4.42 Å². The standard InChI is InChI=1S/C19H24N4O/c1-15-12-20-23(13-15)14-16-6-4-10-22(16)11-5-9-19-21-17-7-2-3-8-18(17)24-19/h2-3,7-8,12-13,16H,4-6,9-11,14H2,1H3/t16-/m0/s1. The fraction of sp³-hybridized carbons (Fsp3) is 0.474. The molecule has 0 spiro atoms. The van der Waals surface area contributed by atoms with Crippen molar-refractivity contribution < 1.29 is 4.42 Å². The van der Waals surface area contributed by atoms with Gasteiger partial charge in [0, 0.05) is 18.7 Å².